The van der Waals surface area contributed by atoms with Gasteiger partial charge >= 0.3 is 0 Å². The van der Waals surface area contributed by atoms with E-state index < -0.39 is 0 Å². The summed E-state index contributed by atoms with van der Waals surface area (Å²) in [5.41, 5.74) is 2.87. The number of aliphatic imine (C=N–C) groups is 1. The minimum atomic E-state index is 0.228. The Morgan fingerprint density at radius 2 is 1.79 bits per heavy atom. The van der Waals surface area contributed by atoms with Crippen LogP contribution in [-0.4, -0.2) is 11.3 Å². The van der Waals surface area contributed by atoms with Crippen LogP contribution in [0.1, 0.15) is 30.9 Å². The van der Waals surface area contributed by atoms with Crippen molar-refractivity contribution in [3.8, 4) is 5.75 Å². The van der Waals surface area contributed by atoms with Crippen molar-refractivity contribution in [2.45, 2.75) is 19.8 Å². The Bertz CT molecular complexity index is 588. The van der Waals surface area contributed by atoms with Crippen molar-refractivity contribution in [3.63, 3.8) is 0 Å². The summed E-state index contributed by atoms with van der Waals surface area (Å²) in [7, 11) is 0. The number of benzene rings is 2. The third-order valence-corrected chi connectivity index (χ3v) is 3.40. The zero-order chi connectivity index (χ0) is 13.8. The highest BCUT2D eigenvalue weighted by atomic mass is 79.9. The maximum Gasteiger partial charge on any atom is 0.124 e. The van der Waals surface area contributed by atoms with Gasteiger partial charge in [0.1, 0.15) is 5.75 Å². The first-order valence-corrected chi connectivity index (χ1v) is 6.98. The molecule has 0 aliphatic carbocycles. The minimum absolute atomic E-state index is 0.228. The first-order valence-electron chi connectivity index (χ1n) is 6.19. The fourth-order valence-corrected chi connectivity index (χ4v) is 2.10. The maximum atomic E-state index is 9.72. The molecule has 0 aromatic heterocycles. The van der Waals surface area contributed by atoms with E-state index in [1.165, 1.54) is 5.56 Å². The molecule has 0 saturated heterocycles. The van der Waals surface area contributed by atoms with Gasteiger partial charge < -0.3 is 5.11 Å². The summed E-state index contributed by atoms with van der Waals surface area (Å²) in [5, 5.41) is 9.72. The van der Waals surface area contributed by atoms with E-state index in [2.05, 4.69) is 46.9 Å². The number of rotatable bonds is 3. The van der Waals surface area contributed by atoms with E-state index in [1.54, 1.807) is 18.3 Å². The molecule has 0 bridgehead atoms. The molecular weight excluding hydrogens is 302 g/mol. The highest BCUT2D eigenvalue weighted by Gasteiger charge is 2.00. The maximum absolute atomic E-state index is 9.72. The molecular formula is C16H16BrNO. The average Bonchev–Trinajstić information content (AvgIpc) is 2.40. The Balaban J connectivity index is 2.20. The van der Waals surface area contributed by atoms with Crippen LogP contribution in [0.15, 0.2) is 51.9 Å². The van der Waals surface area contributed by atoms with Gasteiger partial charge in [0, 0.05) is 16.3 Å². The van der Waals surface area contributed by atoms with Crippen molar-refractivity contribution in [2.24, 2.45) is 4.99 Å². The van der Waals surface area contributed by atoms with Crippen LogP contribution in [0.5, 0.6) is 5.75 Å². The smallest absolute Gasteiger partial charge is 0.124 e. The van der Waals surface area contributed by atoms with E-state index in [9.17, 15) is 5.11 Å². The Labute approximate surface area is 122 Å². The van der Waals surface area contributed by atoms with Crippen LogP contribution in [0.4, 0.5) is 5.69 Å². The lowest BCUT2D eigenvalue weighted by Gasteiger charge is -2.04. The second-order valence-electron chi connectivity index (χ2n) is 4.71. The van der Waals surface area contributed by atoms with Gasteiger partial charge in [-0.15, -0.1) is 0 Å². The summed E-state index contributed by atoms with van der Waals surface area (Å²) in [5.74, 6) is 0.748. The molecule has 98 valence electrons. The zero-order valence-electron chi connectivity index (χ0n) is 11.0. The Morgan fingerprint density at radius 1 is 1.11 bits per heavy atom. The molecule has 0 spiro atoms. The van der Waals surface area contributed by atoms with E-state index in [1.807, 2.05) is 18.2 Å². The number of phenols is 1. The molecule has 3 heteroatoms. The summed E-state index contributed by atoms with van der Waals surface area (Å²) >= 11 is 3.38. The fraction of sp³-hybridized carbons (Fsp3) is 0.188. The van der Waals surface area contributed by atoms with Gasteiger partial charge in [-0.3, -0.25) is 4.99 Å². The van der Waals surface area contributed by atoms with E-state index >= 15 is 0 Å². The van der Waals surface area contributed by atoms with Crippen LogP contribution < -0.4 is 0 Å². The highest BCUT2D eigenvalue weighted by molar-refractivity contribution is 9.10. The molecule has 0 saturated carbocycles. The lowest BCUT2D eigenvalue weighted by Crippen LogP contribution is -1.85. The second kappa shape index (κ2) is 6.02. The molecule has 1 N–H and O–H groups in total. The van der Waals surface area contributed by atoms with Crippen LogP contribution in [0.3, 0.4) is 0 Å². The van der Waals surface area contributed by atoms with E-state index in [4.69, 9.17) is 0 Å². The third kappa shape index (κ3) is 3.67. The largest absolute Gasteiger partial charge is 0.507 e. The van der Waals surface area contributed by atoms with Crippen molar-refractivity contribution >= 4 is 27.8 Å². The quantitative estimate of drug-likeness (QED) is 0.791. The van der Waals surface area contributed by atoms with E-state index in [0.717, 1.165) is 10.2 Å². The van der Waals surface area contributed by atoms with Crippen molar-refractivity contribution in [3.05, 3.63) is 58.1 Å². The normalized spacial score (nSPS) is 11.4. The van der Waals surface area contributed by atoms with Crippen molar-refractivity contribution in [1.29, 1.82) is 0 Å². The Hall–Kier alpha value is -1.61. The van der Waals surface area contributed by atoms with Gasteiger partial charge in [0.25, 0.3) is 0 Å². The lowest BCUT2D eigenvalue weighted by atomic mass is 10.0. The standard InChI is InChI=1S/C16H16BrNO/c1-11(2)12-3-6-15(7-4-12)18-10-13-9-14(17)5-8-16(13)19/h3-11,19H,1-2H3. The molecule has 2 rings (SSSR count). The van der Waals surface area contributed by atoms with Gasteiger partial charge in [-0.25, -0.2) is 0 Å². The van der Waals surface area contributed by atoms with Crippen LogP contribution in [-0.2, 0) is 0 Å². The van der Waals surface area contributed by atoms with E-state index in [-0.39, 0.29) is 5.75 Å². The van der Waals surface area contributed by atoms with Gasteiger partial charge in [0.05, 0.1) is 5.69 Å². The predicted molar refractivity (Wildman–Crippen MR) is 83.6 cm³/mol. The van der Waals surface area contributed by atoms with Gasteiger partial charge in [-0.2, -0.15) is 0 Å². The Kier molecular flexibility index (Phi) is 4.38. The number of phenolic OH excluding ortho intramolecular Hbond substituents is 1. The lowest BCUT2D eigenvalue weighted by molar-refractivity contribution is 0.474. The van der Waals surface area contributed by atoms with Gasteiger partial charge in [-0.1, -0.05) is 41.9 Å². The molecule has 19 heavy (non-hydrogen) atoms. The molecule has 0 unspecified atom stereocenters. The molecule has 0 aliphatic rings. The number of hydrogen-bond acceptors (Lipinski definition) is 2. The first-order chi connectivity index (χ1) is 9.06. The summed E-state index contributed by atoms with van der Waals surface area (Å²) in [6.45, 7) is 4.33. The minimum Gasteiger partial charge on any atom is -0.507 e. The molecule has 2 aromatic carbocycles. The van der Waals surface area contributed by atoms with Crippen molar-refractivity contribution in [1.82, 2.24) is 0 Å². The number of hydrogen-bond donors (Lipinski definition) is 1. The zero-order valence-corrected chi connectivity index (χ0v) is 12.6. The van der Waals surface area contributed by atoms with Crippen LogP contribution in [0.2, 0.25) is 0 Å². The molecule has 0 atom stereocenters. The summed E-state index contributed by atoms with van der Waals surface area (Å²) in [6, 6.07) is 13.4. The highest BCUT2D eigenvalue weighted by Crippen LogP contribution is 2.22. The predicted octanol–water partition coefficient (Wildman–Crippen LogP) is 5.03. The Morgan fingerprint density at radius 3 is 2.42 bits per heavy atom. The summed E-state index contributed by atoms with van der Waals surface area (Å²) < 4.78 is 0.918. The van der Waals surface area contributed by atoms with Gasteiger partial charge in [0.15, 0.2) is 0 Å². The molecule has 2 aromatic rings. The topological polar surface area (TPSA) is 32.6 Å². The SMILES string of the molecule is CC(C)c1ccc(N=Cc2cc(Br)ccc2O)cc1. The van der Waals surface area contributed by atoms with Crippen molar-refractivity contribution in [2.75, 3.05) is 0 Å². The van der Waals surface area contributed by atoms with Crippen molar-refractivity contribution < 1.29 is 5.11 Å². The molecule has 0 fully saturated rings. The average molecular weight is 318 g/mol. The number of nitrogens with zero attached hydrogens (tertiary/aromatic N) is 1. The molecule has 0 heterocycles. The summed E-state index contributed by atoms with van der Waals surface area (Å²) in [6.07, 6.45) is 1.67. The molecule has 0 aliphatic heterocycles. The fourth-order valence-electron chi connectivity index (χ4n) is 1.72. The molecule has 0 amide bonds. The molecule has 2 nitrogen and oxygen atoms in total. The number of halogens is 1. The van der Waals surface area contributed by atoms with Crippen LogP contribution >= 0.6 is 15.9 Å². The molecule has 0 radical (unpaired) electrons. The monoisotopic (exact) mass is 317 g/mol. The first kappa shape index (κ1) is 13.8. The van der Waals surface area contributed by atoms with Crippen LogP contribution in [0, 0.1) is 0 Å². The number of aromatic hydroxyl groups is 1. The summed E-state index contributed by atoms with van der Waals surface area (Å²) in [4.78, 5) is 4.37. The van der Waals surface area contributed by atoms with Crippen LogP contribution in [0.25, 0.3) is 0 Å². The van der Waals surface area contributed by atoms with Gasteiger partial charge in [-0.05, 0) is 41.8 Å². The second-order valence-corrected chi connectivity index (χ2v) is 5.62. The van der Waals surface area contributed by atoms with E-state index in [0.29, 0.717) is 11.5 Å². The van der Waals surface area contributed by atoms with Gasteiger partial charge in [0.2, 0.25) is 0 Å². The third-order valence-electron chi connectivity index (χ3n) is 2.90.